The van der Waals surface area contributed by atoms with Gasteiger partial charge in [-0.15, -0.1) is 0 Å². The fourth-order valence-electron chi connectivity index (χ4n) is 4.55. The average Bonchev–Trinajstić information content (AvgIpc) is 2.60. The Balaban J connectivity index is 1.54. The molecule has 0 spiro atoms. The van der Waals surface area contributed by atoms with Gasteiger partial charge in [0.05, 0.1) is 5.56 Å². The highest BCUT2D eigenvalue weighted by Gasteiger charge is 2.40. The standard InChI is InChI=1S/C19H23NO3/c21-18(20-11-5-8-13-6-2-4-10-16(13)20)17-12-14-7-1-3-9-15(14)19(22)23-17/h1,3,7,9,13,16-17H,2,4-6,8,10-12H2. The predicted octanol–water partition coefficient (Wildman–Crippen LogP) is 2.95. The maximum absolute atomic E-state index is 13.0. The zero-order valence-corrected chi connectivity index (χ0v) is 13.4. The number of likely N-dealkylation sites (tertiary alicyclic amines) is 1. The zero-order valence-electron chi connectivity index (χ0n) is 13.4. The van der Waals surface area contributed by atoms with Crippen LogP contribution in [0.4, 0.5) is 0 Å². The van der Waals surface area contributed by atoms with Crippen LogP contribution in [0.15, 0.2) is 24.3 Å². The van der Waals surface area contributed by atoms with Crippen LogP contribution in [0.1, 0.15) is 54.4 Å². The molecule has 1 aromatic carbocycles. The topological polar surface area (TPSA) is 46.6 Å². The highest BCUT2D eigenvalue weighted by Crippen LogP contribution is 2.36. The number of cyclic esters (lactones) is 1. The molecule has 1 aromatic rings. The van der Waals surface area contributed by atoms with E-state index >= 15 is 0 Å². The maximum atomic E-state index is 13.0. The molecule has 0 aromatic heterocycles. The molecule has 23 heavy (non-hydrogen) atoms. The number of amides is 1. The molecule has 3 aliphatic rings. The summed E-state index contributed by atoms with van der Waals surface area (Å²) in [6.45, 7) is 0.815. The van der Waals surface area contributed by atoms with Crippen LogP contribution in [0.2, 0.25) is 0 Å². The van der Waals surface area contributed by atoms with Crippen molar-refractivity contribution in [2.75, 3.05) is 6.54 Å². The van der Waals surface area contributed by atoms with Crippen molar-refractivity contribution in [3.63, 3.8) is 0 Å². The molecule has 1 aliphatic carbocycles. The van der Waals surface area contributed by atoms with Crippen LogP contribution >= 0.6 is 0 Å². The van der Waals surface area contributed by atoms with E-state index in [-0.39, 0.29) is 11.9 Å². The highest BCUT2D eigenvalue weighted by atomic mass is 16.5. The summed E-state index contributed by atoms with van der Waals surface area (Å²) < 4.78 is 5.48. The van der Waals surface area contributed by atoms with Crippen molar-refractivity contribution >= 4 is 11.9 Å². The van der Waals surface area contributed by atoms with E-state index in [9.17, 15) is 9.59 Å². The van der Waals surface area contributed by atoms with Gasteiger partial charge in [-0.25, -0.2) is 4.79 Å². The Morgan fingerprint density at radius 2 is 1.87 bits per heavy atom. The second kappa shape index (κ2) is 5.99. The SMILES string of the molecule is O=C1OC(C(=O)N2CCCC3CCCCC32)Cc2ccccc21. The number of rotatable bonds is 1. The number of piperidine rings is 1. The van der Waals surface area contributed by atoms with Gasteiger partial charge in [0.2, 0.25) is 0 Å². The van der Waals surface area contributed by atoms with Gasteiger partial charge >= 0.3 is 5.97 Å². The lowest BCUT2D eigenvalue weighted by Gasteiger charge is -2.45. The van der Waals surface area contributed by atoms with Gasteiger partial charge in [0, 0.05) is 19.0 Å². The van der Waals surface area contributed by atoms with Gasteiger partial charge in [-0.2, -0.15) is 0 Å². The fourth-order valence-corrected chi connectivity index (χ4v) is 4.55. The van der Waals surface area contributed by atoms with Crippen molar-refractivity contribution in [2.45, 2.75) is 57.1 Å². The van der Waals surface area contributed by atoms with Crippen LogP contribution in [0, 0.1) is 5.92 Å². The maximum Gasteiger partial charge on any atom is 0.339 e. The lowest BCUT2D eigenvalue weighted by molar-refractivity contribution is -0.147. The molecule has 2 aliphatic heterocycles. The molecule has 2 heterocycles. The first-order valence-electron chi connectivity index (χ1n) is 8.83. The Morgan fingerprint density at radius 1 is 1.09 bits per heavy atom. The average molecular weight is 313 g/mol. The van der Waals surface area contributed by atoms with Gasteiger partial charge in [0.1, 0.15) is 0 Å². The summed E-state index contributed by atoms with van der Waals surface area (Å²) in [6, 6.07) is 7.81. The minimum atomic E-state index is -0.641. The van der Waals surface area contributed by atoms with E-state index in [0.29, 0.717) is 23.9 Å². The van der Waals surface area contributed by atoms with Crippen LogP contribution in [0.25, 0.3) is 0 Å². The Bertz CT molecular complexity index is 625. The van der Waals surface area contributed by atoms with Crippen LogP contribution in [-0.2, 0) is 16.0 Å². The van der Waals surface area contributed by atoms with Crippen molar-refractivity contribution in [3.05, 3.63) is 35.4 Å². The normalized spacial score (nSPS) is 30.2. The molecule has 3 atom stereocenters. The monoisotopic (exact) mass is 313 g/mol. The number of fused-ring (bicyclic) bond motifs is 2. The minimum Gasteiger partial charge on any atom is -0.448 e. The Morgan fingerprint density at radius 3 is 2.78 bits per heavy atom. The molecule has 1 saturated carbocycles. The molecular formula is C19H23NO3. The molecule has 1 amide bonds. The van der Waals surface area contributed by atoms with Gasteiger partial charge in [0.15, 0.2) is 6.10 Å². The first kappa shape index (κ1) is 14.7. The van der Waals surface area contributed by atoms with E-state index in [1.165, 1.54) is 25.7 Å². The van der Waals surface area contributed by atoms with Gasteiger partial charge < -0.3 is 9.64 Å². The number of hydrogen-bond acceptors (Lipinski definition) is 3. The molecule has 1 saturated heterocycles. The molecule has 4 heteroatoms. The van der Waals surface area contributed by atoms with Crippen LogP contribution in [0.5, 0.6) is 0 Å². The van der Waals surface area contributed by atoms with E-state index in [4.69, 9.17) is 4.74 Å². The van der Waals surface area contributed by atoms with E-state index in [1.54, 1.807) is 6.07 Å². The number of carbonyl (C=O) groups is 2. The van der Waals surface area contributed by atoms with Crippen LogP contribution < -0.4 is 0 Å². The summed E-state index contributed by atoms with van der Waals surface area (Å²) in [5.74, 6) is 0.305. The zero-order chi connectivity index (χ0) is 15.8. The summed E-state index contributed by atoms with van der Waals surface area (Å²) in [5.41, 5.74) is 1.53. The van der Waals surface area contributed by atoms with Crippen LogP contribution in [-0.4, -0.2) is 35.5 Å². The summed E-state index contributed by atoms with van der Waals surface area (Å²) in [7, 11) is 0. The van der Waals surface area contributed by atoms with Gasteiger partial charge in [-0.05, 0) is 43.2 Å². The number of nitrogens with zero attached hydrogens (tertiary/aromatic N) is 1. The lowest BCUT2D eigenvalue weighted by atomic mass is 9.78. The summed E-state index contributed by atoms with van der Waals surface area (Å²) in [6.07, 6.45) is 7.02. The number of benzene rings is 1. The molecule has 2 fully saturated rings. The largest absolute Gasteiger partial charge is 0.448 e. The Hall–Kier alpha value is -1.84. The van der Waals surface area contributed by atoms with Gasteiger partial charge in [-0.3, -0.25) is 4.79 Å². The number of hydrogen-bond donors (Lipinski definition) is 0. The highest BCUT2D eigenvalue weighted by molar-refractivity contribution is 5.95. The third-order valence-corrected chi connectivity index (χ3v) is 5.69. The van der Waals surface area contributed by atoms with E-state index < -0.39 is 6.10 Å². The van der Waals surface area contributed by atoms with Crippen molar-refractivity contribution < 1.29 is 14.3 Å². The Labute approximate surface area is 136 Å². The molecule has 122 valence electrons. The van der Waals surface area contributed by atoms with Crippen molar-refractivity contribution in [1.82, 2.24) is 4.90 Å². The third-order valence-electron chi connectivity index (χ3n) is 5.69. The fraction of sp³-hybridized carbons (Fsp3) is 0.579. The number of carbonyl (C=O) groups excluding carboxylic acids is 2. The number of esters is 1. The molecule has 0 radical (unpaired) electrons. The molecule has 4 nitrogen and oxygen atoms in total. The van der Waals surface area contributed by atoms with Crippen molar-refractivity contribution in [1.29, 1.82) is 0 Å². The van der Waals surface area contributed by atoms with Crippen LogP contribution in [0.3, 0.4) is 0 Å². The predicted molar refractivity (Wildman–Crippen MR) is 86.0 cm³/mol. The minimum absolute atomic E-state index is 0.0180. The second-order valence-corrected chi connectivity index (χ2v) is 7.04. The number of ether oxygens (including phenoxy) is 1. The first-order chi connectivity index (χ1) is 11.2. The van der Waals surface area contributed by atoms with Crippen molar-refractivity contribution in [2.24, 2.45) is 5.92 Å². The second-order valence-electron chi connectivity index (χ2n) is 7.04. The van der Waals surface area contributed by atoms with Gasteiger partial charge in [-0.1, -0.05) is 31.0 Å². The molecule has 4 rings (SSSR count). The summed E-state index contributed by atoms with van der Waals surface area (Å²) >= 11 is 0. The lowest BCUT2D eigenvalue weighted by Crippen LogP contribution is -2.54. The summed E-state index contributed by atoms with van der Waals surface area (Å²) in [5, 5.41) is 0. The first-order valence-corrected chi connectivity index (χ1v) is 8.83. The van der Waals surface area contributed by atoms with Crippen molar-refractivity contribution in [3.8, 4) is 0 Å². The van der Waals surface area contributed by atoms with Gasteiger partial charge in [0.25, 0.3) is 5.91 Å². The summed E-state index contributed by atoms with van der Waals surface area (Å²) in [4.78, 5) is 27.2. The quantitative estimate of drug-likeness (QED) is 0.749. The molecular weight excluding hydrogens is 290 g/mol. The van der Waals surface area contributed by atoms with E-state index in [1.807, 2.05) is 23.1 Å². The van der Waals surface area contributed by atoms with E-state index in [2.05, 4.69) is 0 Å². The molecule has 0 N–H and O–H groups in total. The van der Waals surface area contributed by atoms with E-state index in [0.717, 1.165) is 24.9 Å². The molecule has 3 unspecified atom stereocenters. The molecule has 0 bridgehead atoms. The Kier molecular flexibility index (Phi) is 3.83. The smallest absolute Gasteiger partial charge is 0.339 e. The third kappa shape index (κ3) is 2.64.